The molecule has 0 heterocycles. The number of halogens is 2. The third kappa shape index (κ3) is 6.27. The zero-order valence-electron chi connectivity index (χ0n) is 8.54. The molecule has 0 rings (SSSR count). The summed E-state index contributed by atoms with van der Waals surface area (Å²) in [6.07, 6.45) is 0. The number of carboxylic acids is 2. The Morgan fingerprint density at radius 3 is 1.53 bits per heavy atom. The second-order valence-corrected chi connectivity index (χ2v) is 17.6. The molecule has 0 aromatic carbocycles. The van der Waals surface area contributed by atoms with Crippen LogP contribution in [0.5, 0.6) is 0 Å². The third-order valence-electron chi connectivity index (χ3n) is 2.05. The van der Waals surface area contributed by atoms with Gasteiger partial charge in [0.15, 0.2) is 0 Å². The molecule has 2 N–H and O–H groups in total. The molecule has 0 aromatic rings. The molecule has 0 radical (unpaired) electrons. The van der Waals surface area contributed by atoms with Gasteiger partial charge in [-0.2, -0.15) is 0 Å². The van der Waals surface area contributed by atoms with Crippen molar-refractivity contribution in [1.29, 1.82) is 0 Å². The molecule has 0 fully saturated rings. The van der Waals surface area contributed by atoms with Gasteiger partial charge in [0.2, 0.25) is 0 Å². The summed E-state index contributed by atoms with van der Waals surface area (Å²) in [4.78, 5) is 21.2. The molecule has 2 atom stereocenters. The van der Waals surface area contributed by atoms with Crippen molar-refractivity contribution in [2.45, 2.75) is 24.4 Å². The van der Waals surface area contributed by atoms with E-state index in [0.717, 1.165) is 0 Å². The Morgan fingerprint density at radius 1 is 1.07 bits per heavy atom. The molecule has 0 aliphatic carbocycles. The molecule has 0 aliphatic heterocycles. The minimum absolute atomic E-state index is 0.218. The predicted molar refractivity (Wildman–Crippen MR) is 60.7 cm³/mol. The standard InChI is InChI=1S/C8H14Cl2GeO4/c1-5(7(12)13)3-11(9,10)4-6(2)8(14)15/h5-6H,3-4H2,1-2H3,(H,12,13)(H,14,15). The van der Waals surface area contributed by atoms with Crippen molar-refractivity contribution in [3.8, 4) is 0 Å². The van der Waals surface area contributed by atoms with E-state index in [-0.39, 0.29) is 10.5 Å². The van der Waals surface area contributed by atoms with Crippen molar-refractivity contribution in [2.75, 3.05) is 0 Å². The zero-order chi connectivity index (χ0) is 12.2. The Morgan fingerprint density at radius 2 is 1.33 bits per heavy atom. The van der Waals surface area contributed by atoms with Gasteiger partial charge in [-0.1, -0.05) is 0 Å². The van der Waals surface area contributed by atoms with Crippen LogP contribution in [0.3, 0.4) is 0 Å². The molecule has 0 amide bonds. The molecular formula is C8H14Cl2GeO4. The average molecular weight is 318 g/mol. The second kappa shape index (κ2) is 5.96. The molecule has 0 spiro atoms. The van der Waals surface area contributed by atoms with Crippen LogP contribution in [-0.4, -0.2) is 33.6 Å². The molecule has 88 valence electrons. The number of carbonyl (C=O) groups is 2. The number of hydrogen-bond donors (Lipinski definition) is 2. The second-order valence-electron chi connectivity index (χ2n) is 3.74. The van der Waals surface area contributed by atoms with Crippen molar-refractivity contribution in [2.24, 2.45) is 11.8 Å². The molecule has 0 bridgehead atoms. The molecule has 0 saturated carbocycles. The van der Waals surface area contributed by atoms with E-state index in [1.807, 2.05) is 0 Å². The van der Waals surface area contributed by atoms with Crippen molar-refractivity contribution in [3.05, 3.63) is 0 Å². The van der Waals surface area contributed by atoms with Crippen LogP contribution in [0.15, 0.2) is 0 Å². The fraction of sp³-hybridized carbons (Fsp3) is 0.750. The van der Waals surface area contributed by atoms with Gasteiger partial charge in [0.1, 0.15) is 0 Å². The maximum atomic E-state index is 10.6. The van der Waals surface area contributed by atoms with E-state index in [9.17, 15) is 9.59 Å². The number of aliphatic carboxylic acids is 2. The summed E-state index contributed by atoms with van der Waals surface area (Å²) in [5.74, 6) is -3.12. The van der Waals surface area contributed by atoms with Crippen molar-refractivity contribution >= 4 is 43.4 Å². The normalized spacial score (nSPS) is 15.7. The van der Waals surface area contributed by atoms with Gasteiger partial charge in [0, 0.05) is 0 Å². The monoisotopic (exact) mass is 318 g/mol. The fourth-order valence-corrected chi connectivity index (χ4v) is 10.8. The number of hydrogen-bond acceptors (Lipinski definition) is 2. The molecule has 0 aliphatic rings. The summed E-state index contributed by atoms with van der Waals surface area (Å²) in [6, 6.07) is 0. The first kappa shape index (κ1) is 15.1. The SMILES string of the molecule is CC([CH2][Ge]([Cl])([Cl])[CH2]C(C)C(=O)O)C(=O)O. The van der Waals surface area contributed by atoms with E-state index in [4.69, 9.17) is 30.2 Å². The van der Waals surface area contributed by atoms with E-state index >= 15 is 0 Å². The van der Waals surface area contributed by atoms with E-state index in [0.29, 0.717) is 0 Å². The minimum atomic E-state index is -3.28. The quantitative estimate of drug-likeness (QED) is 0.737. The Balaban J connectivity index is 4.30. The van der Waals surface area contributed by atoms with Gasteiger partial charge in [0.05, 0.1) is 0 Å². The average Bonchev–Trinajstić information content (AvgIpc) is 2.01. The predicted octanol–water partition coefficient (Wildman–Crippen LogP) is 2.35. The first-order valence-corrected chi connectivity index (χ1v) is 13.0. The van der Waals surface area contributed by atoms with Gasteiger partial charge >= 0.3 is 99.4 Å². The molecule has 0 aromatic heterocycles. The molecular weight excluding hydrogens is 304 g/mol. The number of rotatable bonds is 6. The van der Waals surface area contributed by atoms with Gasteiger partial charge in [-0.15, -0.1) is 0 Å². The van der Waals surface area contributed by atoms with E-state index in [1.165, 1.54) is 13.8 Å². The zero-order valence-corrected chi connectivity index (χ0v) is 12.1. The third-order valence-corrected chi connectivity index (χ3v) is 10.3. The van der Waals surface area contributed by atoms with Crippen LogP contribution in [0.25, 0.3) is 0 Å². The summed E-state index contributed by atoms with van der Waals surface area (Å²) in [5, 5.41) is 17.8. The molecule has 2 unspecified atom stereocenters. The van der Waals surface area contributed by atoms with Gasteiger partial charge in [0.25, 0.3) is 0 Å². The van der Waals surface area contributed by atoms with Gasteiger partial charge in [-0.25, -0.2) is 0 Å². The Bertz CT molecular complexity index is 233. The summed E-state index contributed by atoms with van der Waals surface area (Å²) >= 11 is -3.28. The van der Waals surface area contributed by atoms with E-state index in [1.54, 1.807) is 0 Å². The Labute approximate surface area is 99.3 Å². The van der Waals surface area contributed by atoms with Crippen LogP contribution in [0, 0.1) is 11.8 Å². The van der Waals surface area contributed by atoms with Crippen LogP contribution in [0.2, 0.25) is 10.5 Å². The van der Waals surface area contributed by atoms with Crippen LogP contribution >= 0.6 is 20.0 Å². The number of carboxylic acid groups (broad SMARTS) is 2. The molecule has 0 saturated heterocycles. The maximum absolute atomic E-state index is 10.6. The van der Waals surface area contributed by atoms with Crippen molar-refractivity contribution < 1.29 is 19.8 Å². The molecule has 4 nitrogen and oxygen atoms in total. The summed E-state index contributed by atoms with van der Waals surface area (Å²) in [6.45, 7) is 3.05. The molecule has 15 heavy (non-hydrogen) atoms. The summed E-state index contributed by atoms with van der Waals surface area (Å²) < 4.78 is 0. The van der Waals surface area contributed by atoms with Gasteiger partial charge in [-0.05, 0) is 0 Å². The first-order chi connectivity index (χ1) is 6.65. The fourth-order valence-electron chi connectivity index (χ4n) is 1.15. The first-order valence-electron chi connectivity index (χ1n) is 4.49. The van der Waals surface area contributed by atoms with Crippen LogP contribution in [0.1, 0.15) is 13.8 Å². The van der Waals surface area contributed by atoms with E-state index in [2.05, 4.69) is 0 Å². The van der Waals surface area contributed by atoms with Crippen molar-refractivity contribution in [3.63, 3.8) is 0 Å². The summed E-state index contributed by atoms with van der Waals surface area (Å²) in [5.41, 5.74) is 0. The van der Waals surface area contributed by atoms with Crippen LogP contribution in [0.4, 0.5) is 0 Å². The summed E-state index contributed by atoms with van der Waals surface area (Å²) in [7, 11) is 12.1. The molecule has 7 heteroatoms. The van der Waals surface area contributed by atoms with Crippen LogP contribution < -0.4 is 0 Å². The Hall–Kier alpha value is 0.0629. The Kier molecular flexibility index (Phi) is 5.99. The van der Waals surface area contributed by atoms with Crippen LogP contribution in [-0.2, 0) is 9.59 Å². The van der Waals surface area contributed by atoms with Gasteiger partial charge < -0.3 is 0 Å². The van der Waals surface area contributed by atoms with Gasteiger partial charge in [-0.3, -0.25) is 0 Å². The topological polar surface area (TPSA) is 74.6 Å². The van der Waals surface area contributed by atoms with Crippen molar-refractivity contribution in [1.82, 2.24) is 0 Å². The van der Waals surface area contributed by atoms with E-state index < -0.39 is 35.2 Å².